The fourth-order valence-electron chi connectivity index (χ4n) is 1.97. The van der Waals surface area contributed by atoms with Crippen molar-refractivity contribution in [2.24, 2.45) is 0 Å². The molecular weight excluding hydrogens is 254 g/mol. The van der Waals surface area contributed by atoms with E-state index in [-0.39, 0.29) is 17.3 Å². The number of nitrogens with zero attached hydrogens (tertiary/aromatic N) is 2. The Morgan fingerprint density at radius 1 is 1.05 bits per heavy atom. The summed E-state index contributed by atoms with van der Waals surface area (Å²) in [6, 6.07) is 13.5. The van der Waals surface area contributed by atoms with E-state index in [2.05, 4.69) is 9.97 Å². The summed E-state index contributed by atoms with van der Waals surface area (Å²) in [5.74, 6) is 0.874. The number of carbonyl (C=O) groups is 1. The van der Waals surface area contributed by atoms with Crippen molar-refractivity contribution in [3.63, 3.8) is 0 Å². The van der Waals surface area contributed by atoms with Crippen molar-refractivity contribution < 1.29 is 9.53 Å². The summed E-state index contributed by atoms with van der Waals surface area (Å²) in [7, 11) is 0. The summed E-state index contributed by atoms with van der Waals surface area (Å²) in [5, 5.41) is 1.98. The van der Waals surface area contributed by atoms with Gasteiger partial charge in [0, 0.05) is 5.39 Å². The first-order valence-electron chi connectivity index (χ1n) is 6.01. The highest BCUT2D eigenvalue weighted by Crippen LogP contribution is 2.30. The van der Waals surface area contributed by atoms with Crippen LogP contribution < -0.4 is 10.5 Å². The van der Waals surface area contributed by atoms with Gasteiger partial charge in [-0.25, -0.2) is 9.97 Å². The molecule has 3 rings (SSSR count). The lowest BCUT2D eigenvalue weighted by Gasteiger charge is -2.10. The van der Waals surface area contributed by atoms with Crippen LogP contribution in [-0.2, 0) is 0 Å². The van der Waals surface area contributed by atoms with Gasteiger partial charge < -0.3 is 10.5 Å². The Labute approximate surface area is 115 Å². The lowest BCUT2D eigenvalue weighted by molar-refractivity contribution is 0.112. The highest BCUT2D eigenvalue weighted by Gasteiger charge is 2.11. The highest BCUT2D eigenvalue weighted by atomic mass is 16.5. The number of aldehydes is 1. The van der Waals surface area contributed by atoms with E-state index < -0.39 is 0 Å². The molecular formula is C15H11N3O2. The zero-order valence-electron chi connectivity index (χ0n) is 10.5. The fraction of sp³-hybridized carbons (Fsp3) is 0. The first-order valence-corrected chi connectivity index (χ1v) is 6.01. The number of aromatic nitrogens is 2. The van der Waals surface area contributed by atoms with Crippen molar-refractivity contribution in [3.8, 4) is 11.6 Å². The number of anilines is 1. The maximum Gasteiger partial charge on any atom is 0.235 e. The highest BCUT2D eigenvalue weighted by molar-refractivity contribution is 5.89. The monoisotopic (exact) mass is 265 g/mol. The standard InChI is InChI=1S/C15H11N3O2/c16-14-12(8-19)15(18-9-17-14)20-13-7-3-5-10-4-1-2-6-11(10)13/h1-9H,(H2,16,17,18). The molecule has 2 aromatic carbocycles. The molecule has 0 aliphatic heterocycles. The number of fused-ring (bicyclic) bond motifs is 1. The van der Waals surface area contributed by atoms with Crippen LogP contribution in [0.4, 0.5) is 5.82 Å². The summed E-state index contributed by atoms with van der Waals surface area (Å²) in [6.07, 6.45) is 1.86. The van der Waals surface area contributed by atoms with E-state index in [0.29, 0.717) is 12.0 Å². The molecule has 0 unspecified atom stereocenters. The van der Waals surface area contributed by atoms with Gasteiger partial charge >= 0.3 is 0 Å². The minimum absolute atomic E-state index is 0.102. The molecule has 0 atom stereocenters. The average Bonchev–Trinajstić information content (AvgIpc) is 2.48. The van der Waals surface area contributed by atoms with Crippen LogP contribution in [0.3, 0.4) is 0 Å². The molecule has 0 saturated carbocycles. The molecule has 0 aliphatic rings. The quantitative estimate of drug-likeness (QED) is 0.737. The topological polar surface area (TPSA) is 78.1 Å². The maximum atomic E-state index is 11.1. The van der Waals surface area contributed by atoms with Crippen molar-refractivity contribution >= 4 is 22.9 Å². The van der Waals surface area contributed by atoms with Crippen molar-refractivity contribution in [1.29, 1.82) is 0 Å². The third kappa shape index (κ3) is 2.05. The molecule has 0 fully saturated rings. The molecule has 5 heteroatoms. The molecule has 1 heterocycles. The second-order valence-electron chi connectivity index (χ2n) is 4.17. The van der Waals surface area contributed by atoms with E-state index in [1.54, 1.807) is 0 Å². The average molecular weight is 265 g/mol. The smallest absolute Gasteiger partial charge is 0.235 e. The predicted octanol–water partition coefficient (Wildman–Crippen LogP) is 2.82. The Morgan fingerprint density at radius 2 is 1.85 bits per heavy atom. The van der Waals surface area contributed by atoms with Gasteiger partial charge in [-0.05, 0) is 11.5 Å². The third-order valence-electron chi connectivity index (χ3n) is 2.95. The normalized spacial score (nSPS) is 10.4. The van der Waals surface area contributed by atoms with Crippen molar-refractivity contribution in [3.05, 3.63) is 54.4 Å². The van der Waals surface area contributed by atoms with Crippen LogP contribution in [0.5, 0.6) is 11.6 Å². The minimum atomic E-state index is 0.102. The van der Waals surface area contributed by atoms with Gasteiger partial charge in [-0.1, -0.05) is 36.4 Å². The number of hydrogen-bond acceptors (Lipinski definition) is 5. The molecule has 98 valence electrons. The molecule has 1 aromatic heterocycles. The number of benzene rings is 2. The van der Waals surface area contributed by atoms with Gasteiger partial charge in [0.05, 0.1) is 0 Å². The second kappa shape index (κ2) is 4.97. The number of carbonyl (C=O) groups excluding carboxylic acids is 1. The van der Waals surface area contributed by atoms with Crippen molar-refractivity contribution in [2.75, 3.05) is 5.73 Å². The molecule has 0 bridgehead atoms. The van der Waals surface area contributed by atoms with Crippen LogP contribution in [0, 0.1) is 0 Å². The molecule has 2 N–H and O–H groups in total. The number of ether oxygens (including phenoxy) is 1. The molecule has 0 saturated heterocycles. The second-order valence-corrected chi connectivity index (χ2v) is 4.17. The lowest BCUT2D eigenvalue weighted by Crippen LogP contribution is -2.01. The number of nitrogen functional groups attached to an aromatic ring is 1. The van der Waals surface area contributed by atoms with Gasteiger partial charge in [0.15, 0.2) is 6.29 Å². The Morgan fingerprint density at radius 3 is 2.70 bits per heavy atom. The third-order valence-corrected chi connectivity index (χ3v) is 2.95. The molecule has 0 aliphatic carbocycles. The van der Waals surface area contributed by atoms with Crippen LogP contribution in [-0.4, -0.2) is 16.3 Å². The van der Waals surface area contributed by atoms with Crippen molar-refractivity contribution in [2.45, 2.75) is 0 Å². The number of rotatable bonds is 3. The van der Waals surface area contributed by atoms with E-state index in [9.17, 15) is 4.79 Å². The number of hydrogen-bond donors (Lipinski definition) is 1. The van der Waals surface area contributed by atoms with E-state index in [4.69, 9.17) is 10.5 Å². The molecule has 3 aromatic rings. The van der Waals surface area contributed by atoms with Gasteiger partial charge in [-0.15, -0.1) is 0 Å². The summed E-state index contributed by atoms with van der Waals surface area (Å²) >= 11 is 0. The van der Waals surface area contributed by atoms with E-state index in [0.717, 1.165) is 10.8 Å². The Bertz CT molecular complexity index is 782. The minimum Gasteiger partial charge on any atom is -0.437 e. The van der Waals surface area contributed by atoms with Crippen LogP contribution >= 0.6 is 0 Å². The Hall–Kier alpha value is -2.95. The zero-order valence-corrected chi connectivity index (χ0v) is 10.5. The van der Waals surface area contributed by atoms with E-state index in [1.165, 1.54) is 6.33 Å². The van der Waals surface area contributed by atoms with Crippen LogP contribution in [0.2, 0.25) is 0 Å². The largest absolute Gasteiger partial charge is 0.437 e. The molecule has 0 amide bonds. The SMILES string of the molecule is Nc1ncnc(Oc2cccc3ccccc23)c1C=O. The molecule has 0 spiro atoms. The van der Waals surface area contributed by atoms with Crippen LogP contribution in [0.25, 0.3) is 10.8 Å². The maximum absolute atomic E-state index is 11.1. The predicted molar refractivity (Wildman–Crippen MR) is 75.9 cm³/mol. The zero-order chi connectivity index (χ0) is 13.9. The summed E-state index contributed by atoms with van der Waals surface area (Å²) < 4.78 is 5.73. The Kier molecular flexibility index (Phi) is 3.01. The summed E-state index contributed by atoms with van der Waals surface area (Å²) in [5.41, 5.74) is 5.79. The number of nitrogens with two attached hydrogens (primary N) is 1. The molecule has 20 heavy (non-hydrogen) atoms. The van der Waals surface area contributed by atoms with Gasteiger partial charge in [0.25, 0.3) is 0 Å². The summed E-state index contributed by atoms with van der Waals surface area (Å²) in [4.78, 5) is 18.8. The fourth-order valence-corrected chi connectivity index (χ4v) is 1.97. The van der Waals surface area contributed by atoms with E-state index >= 15 is 0 Å². The Balaban J connectivity index is 2.10. The van der Waals surface area contributed by atoms with Gasteiger partial charge in [-0.2, -0.15) is 0 Å². The van der Waals surface area contributed by atoms with Gasteiger partial charge in [0.1, 0.15) is 23.5 Å². The van der Waals surface area contributed by atoms with Crippen molar-refractivity contribution in [1.82, 2.24) is 9.97 Å². The van der Waals surface area contributed by atoms with E-state index in [1.807, 2.05) is 42.5 Å². The molecule has 5 nitrogen and oxygen atoms in total. The van der Waals surface area contributed by atoms with Crippen LogP contribution in [0.1, 0.15) is 10.4 Å². The van der Waals surface area contributed by atoms with Gasteiger partial charge in [0.2, 0.25) is 5.88 Å². The van der Waals surface area contributed by atoms with Crippen LogP contribution in [0.15, 0.2) is 48.8 Å². The first-order chi connectivity index (χ1) is 9.79. The summed E-state index contributed by atoms with van der Waals surface area (Å²) in [6.45, 7) is 0. The first kappa shape index (κ1) is 12.1. The molecule has 0 radical (unpaired) electrons. The van der Waals surface area contributed by atoms with Gasteiger partial charge in [-0.3, -0.25) is 4.79 Å². The lowest BCUT2D eigenvalue weighted by atomic mass is 10.1.